The molecule has 2 heterocycles. The molecule has 0 aromatic carbocycles. The highest BCUT2D eigenvalue weighted by molar-refractivity contribution is 4.93. The van der Waals surface area contributed by atoms with Crippen molar-refractivity contribution in [1.82, 2.24) is 9.47 Å². The summed E-state index contributed by atoms with van der Waals surface area (Å²) in [7, 11) is 0. The third-order valence-electron chi connectivity index (χ3n) is 2.85. The molecule has 1 aliphatic heterocycles. The Labute approximate surface area is 99.8 Å². The van der Waals surface area contributed by atoms with E-state index in [0.717, 1.165) is 13.1 Å². The van der Waals surface area contributed by atoms with Crippen molar-refractivity contribution in [3.05, 3.63) is 34.7 Å². The van der Waals surface area contributed by atoms with E-state index in [1.165, 1.54) is 0 Å². The summed E-state index contributed by atoms with van der Waals surface area (Å²) in [5.41, 5.74) is 0.0117. The predicted octanol–water partition coefficient (Wildman–Crippen LogP) is 0.0727. The first kappa shape index (κ1) is 11.8. The summed E-state index contributed by atoms with van der Waals surface area (Å²) in [4.78, 5) is 13.6. The van der Waals surface area contributed by atoms with Crippen LogP contribution in [-0.2, 0) is 11.3 Å². The van der Waals surface area contributed by atoms with Gasteiger partial charge in [-0.3, -0.25) is 9.69 Å². The maximum Gasteiger partial charge on any atom is 0.250 e. The minimum Gasteiger partial charge on any atom is -0.361 e. The number of hydrogen-bond donors (Lipinski definition) is 0. The van der Waals surface area contributed by atoms with Crippen molar-refractivity contribution in [2.75, 3.05) is 26.2 Å². The van der Waals surface area contributed by atoms with Gasteiger partial charge in [0.15, 0.2) is 6.10 Å². The van der Waals surface area contributed by atoms with Crippen molar-refractivity contribution in [2.24, 2.45) is 0 Å². The molecule has 0 spiro atoms. The van der Waals surface area contributed by atoms with Crippen LogP contribution in [-0.4, -0.2) is 41.8 Å². The molecule has 1 atom stereocenters. The van der Waals surface area contributed by atoms with E-state index >= 15 is 0 Å². The van der Waals surface area contributed by atoms with Crippen molar-refractivity contribution in [3.63, 3.8) is 0 Å². The van der Waals surface area contributed by atoms with Crippen LogP contribution in [0.4, 0.5) is 0 Å². The second-order valence-corrected chi connectivity index (χ2v) is 4.02. The summed E-state index contributed by atoms with van der Waals surface area (Å²) >= 11 is 0. The SMILES string of the molecule is N#CC1CN(CCn2ccccc2=O)CCO1. The minimum absolute atomic E-state index is 0.0117. The van der Waals surface area contributed by atoms with Crippen molar-refractivity contribution in [1.29, 1.82) is 5.26 Å². The molecule has 5 heteroatoms. The molecule has 1 aromatic rings. The van der Waals surface area contributed by atoms with Gasteiger partial charge in [0.1, 0.15) is 0 Å². The molecule has 1 fully saturated rings. The lowest BCUT2D eigenvalue weighted by atomic mass is 10.3. The molecule has 17 heavy (non-hydrogen) atoms. The maximum atomic E-state index is 11.5. The van der Waals surface area contributed by atoms with Crippen LogP contribution >= 0.6 is 0 Å². The van der Waals surface area contributed by atoms with E-state index in [1.54, 1.807) is 22.9 Å². The minimum atomic E-state index is -0.337. The highest BCUT2D eigenvalue weighted by Crippen LogP contribution is 2.03. The first-order valence-corrected chi connectivity index (χ1v) is 5.68. The first-order chi connectivity index (χ1) is 8.29. The molecule has 0 amide bonds. The Bertz CT molecular complexity index is 463. The van der Waals surface area contributed by atoms with E-state index in [4.69, 9.17) is 10.00 Å². The van der Waals surface area contributed by atoms with Gasteiger partial charge in [-0.1, -0.05) is 6.07 Å². The zero-order valence-corrected chi connectivity index (χ0v) is 9.58. The average Bonchev–Trinajstić information content (AvgIpc) is 2.38. The third-order valence-corrected chi connectivity index (χ3v) is 2.85. The van der Waals surface area contributed by atoms with Gasteiger partial charge in [0.25, 0.3) is 5.56 Å². The Morgan fingerprint density at radius 2 is 2.35 bits per heavy atom. The molecule has 5 nitrogen and oxygen atoms in total. The van der Waals surface area contributed by atoms with Gasteiger partial charge < -0.3 is 9.30 Å². The van der Waals surface area contributed by atoms with Crippen LogP contribution in [0.1, 0.15) is 0 Å². The molecule has 0 saturated carbocycles. The monoisotopic (exact) mass is 233 g/mol. The Balaban J connectivity index is 1.88. The Morgan fingerprint density at radius 3 is 3.12 bits per heavy atom. The molecule has 0 radical (unpaired) electrons. The summed E-state index contributed by atoms with van der Waals surface area (Å²) in [5.74, 6) is 0. The molecule has 1 aliphatic rings. The fourth-order valence-electron chi connectivity index (χ4n) is 1.88. The third kappa shape index (κ3) is 3.16. The second-order valence-electron chi connectivity index (χ2n) is 4.02. The van der Waals surface area contributed by atoms with E-state index in [2.05, 4.69) is 11.0 Å². The zero-order chi connectivity index (χ0) is 12.1. The van der Waals surface area contributed by atoms with Crippen molar-refractivity contribution in [3.8, 4) is 6.07 Å². The molecule has 1 saturated heterocycles. The summed E-state index contributed by atoms with van der Waals surface area (Å²) in [6, 6.07) is 7.25. The molecule has 0 aliphatic carbocycles. The van der Waals surface area contributed by atoms with Gasteiger partial charge in [0.05, 0.1) is 12.7 Å². The van der Waals surface area contributed by atoms with Crippen LogP contribution in [0.15, 0.2) is 29.2 Å². The highest BCUT2D eigenvalue weighted by Gasteiger charge is 2.19. The first-order valence-electron chi connectivity index (χ1n) is 5.68. The number of aromatic nitrogens is 1. The second kappa shape index (κ2) is 5.62. The summed E-state index contributed by atoms with van der Waals surface area (Å²) in [6.45, 7) is 3.45. The fourth-order valence-corrected chi connectivity index (χ4v) is 1.88. The van der Waals surface area contributed by atoms with Gasteiger partial charge >= 0.3 is 0 Å². The summed E-state index contributed by atoms with van der Waals surface area (Å²) in [5, 5.41) is 8.78. The van der Waals surface area contributed by atoms with Gasteiger partial charge in [-0.2, -0.15) is 5.26 Å². The quantitative estimate of drug-likeness (QED) is 0.741. The van der Waals surface area contributed by atoms with E-state index in [1.807, 2.05) is 6.07 Å². The van der Waals surface area contributed by atoms with E-state index in [0.29, 0.717) is 19.7 Å². The number of nitrogens with zero attached hydrogens (tertiary/aromatic N) is 3. The molecule has 1 aromatic heterocycles. The molecular weight excluding hydrogens is 218 g/mol. The largest absolute Gasteiger partial charge is 0.361 e. The molecule has 0 bridgehead atoms. The van der Waals surface area contributed by atoms with Crippen molar-refractivity contribution in [2.45, 2.75) is 12.6 Å². The Morgan fingerprint density at radius 1 is 1.47 bits per heavy atom. The van der Waals surface area contributed by atoms with Crippen LogP contribution in [0.5, 0.6) is 0 Å². The van der Waals surface area contributed by atoms with Gasteiger partial charge in [-0.25, -0.2) is 0 Å². The highest BCUT2D eigenvalue weighted by atomic mass is 16.5. The van der Waals surface area contributed by atoms with E-state index in [9.17, 15) is 4.79 Å². The molecule has 0 N–H and O–H groups in total. The molecule has 1 unspecified atom stereocenters. The zero-order valence-electron chi connectivity index (χ0n) is 9.58. The molecule has 2 rings (SSSR count). The van der Waals surface area contributed by atoms with Crippen LogP contribution in [0.3, 0.4) is 0 Å². The van der Waals surface area contributed by atoms with Gasteiger partial charge in [0, 0.05) is 38.4 Å². The number of morpholine rings is 1. The van der Waals surface area contributed by atoms with Crippen LogP contribution in [0, 0.1) is 11.3 Å². The molecular formula is C12H15N3O2. The average molecular weight is 233 g/mol. The fraction of sp³-hybridized carbons (Fsp3) is 0.500. The lowest BCUT2D eigenvalue weighted by Crippen LogP contribution is -2.43. The number of rotatable bonds is 3. The summed E-state index contributed by atoms with van der Waals surface area (Å²) < 4.78 is 6.94. The van der Waals surface area contributed by atoms with Gasteiger partial charge in [-0.05, 0) is 6.07 Å². The standard InChI is InChI=1S/C12H15N3O2/c13-9-11-10-14(7-8-17-11)5-6-15-4-2-1-3-12(15)16/h1-4,11H,5-8,10H2. The Hall–Kier alpha value is -1.64. The van der Waals surface area contributed by atoms with Gasteiger partial charge in [-0.15, -0.1) is 0 Å². The number of ether oxygens (including phenoxy) is 1. The Kier molecular flexibility index (Phi) is 3.91. The number of nitriles is 1. The van der Waals surface area contributed by atoms with Gasteiger partial charge in [0.2, 0.25) is 0 Å². The topological polar surface area (TPSA) is 58.3 Å². The normalized spacial score (nSPS) is 21.0. The predicted molar refractivity (Wildman–Crippen MR) is 62.5 cm³/mol. The smallest absolute Gasteiger partial charge is 0.250 e. The van der Waals surface area contributed by atoms with Crippen LogP contribution in [0.2, 0.25) is 0 Å². The number of pyridine rings is 1. The van der Waals surface area contributed by atoms with Crippen molar-refractivity contribution >= 4 is 0 Å². The van der Waals surface area contributed by atoms with E-state index in [-0.39, 0.29) is 11.7 Å². The van der Waals surface area contributed by atoms with Crippen molar-refractivity contribution < 1.29 is 4.74 Å². The lowest BCUT2D eigenvalue weighted by molar-refractivity contribution is -0.000626. The molecule has 90 valence electrons. The number of hydrogen-bond acceptors (Lipinski definition) is 4. The van der Waals surface area contributed by atoms with Crippen LogP contribution in [0.25, 0.3) is 0 Å². The lowest BCUT2D eigenvalue weighted by Gasteiger charge is -2.29. The maximum absolute atomic E-state index is 11.5. The summed E-state index contributed by atoms with van der Waals surface area (Å²) in [6.07, 6.45) is 1.45. The van der Waals surface area contributed by atoms with E-state index < -0.39 is 0 Å². The van der Waals surface area contributed by atoms with Crippen LogP contribution < -0.4 is 5.56 Å².